The average Bonchev–Trinajstić information content (AvgIpc) is 3.42. The zero-order valence-electron chi connectivity index (χ0n) is 27.2. The summed E-state index contributed by atoms with van der Waals surface area (Å²) in [6.45, 7) is 15.2. The molecule has 5 fully saturated rings. The van der Waals surface area contributed by atoms with Gasteiger partial charge in [-0.3, -0.25) is 9.59 Å². The molecule has 0 spiro atoms. The summed E-state index contributed by atoms with van der Waals surface area (Å²) in [7, 11) is 0. The van der Waals surface area contributed by atoms with Crippen molar-refractivity contribution in [3.63, 3.8) is 0 Å². The lowest BCUT2D eigenvalue weighted by atomic mass is 9.43. The number of rotatable bonds is 8. The second-order valence-electron chi connectivity index (χ2n) is 16.1. The van der Waals surface area contributed by atoms with Crippen LogP contribution >= 0.6 is 0 Å². The molecule has 7 nitrogen and oxygen atoms in total. The Hall–Kier alpha value is -1.63. The topological polar surface area (TPSA) is 99.1 Å². The van der Waals surface area contributed by atoms with E-state index in [1.807, 2.05) is 27.7 Å². The first-order chi connectivity index (χ1) is 19.7. The van der Waals surface area contributed by atoms with Crippen LogP contribution in [0.2, 0.25) is 0 Å². The van der Waals surface area contributed by atoms with Crippen LogP contribution < -0.4 is 0 Å². The summed E-state index contributed by atoms with van der Waals surface area (Å²) in [6.07, 6.45) is 9.02. The number of ether oxygens (including phenoxy) is 3. The van der Waals surface area contributed by atoms with E-state index in [0.717, 1.165) is 57.8 Å². The number of cyclic esters (lactones) is 1. The molecule has 5 aliphatic rings. The fourth-order valence-electron chi connectivity index (χ4n) is 10.4. The summed E-state index contributed by atoms with van der Waals surface area (Å²) in [5.74, 6) is 1.72. The van der Waals surface area contributed by atoms with Gasteiger partial charge in [0.2, 0.25) is 6.10 Å². The third kappa shape index (κ3) is 5.54. The molecule has 5 rings (SSSR count). The van der Waals surface area contributed by atoms with Crippen molar-refractivity contribution in [3.05, 3.63) is 0 Å². The molecule has 7 heteroatoms. The molecule has 0 bridgehead atoms. The smallest absolute Gasteiger partial charge is 0.348 e. The van der Waals surface area contributed by atoms with E-state index in [-0.39, 0.29) is 47.5 Å². The van der Waals surface area contributed by atoms with Gasteiger partial charge in [0, 0.05) is 11.8 Å². The van der Waals surface area contributed by atoms with Crippen LogP contribution in [0.4, 0.5) is 0 Å². The van der Waals surface area contributed by atoms with Crippen molar-refractivity contribution in [1.82, 2.24) is 0 Å². The molecule has 4 aliphatic carbocycles. The van der Waals surface area contributed by atoms with E-state index in [9.17, 15) is 19.5 Å². The van der Waals surface area contributed by atoms with Gasteiger partial charge in [-0.05, 0) is 111 Å². The van der Waals surface area contributed by atoms with Crippen molar-refractivity contribution < 1.29 is 33.7 Å². The molecule has 0 aromatic heterocycles. The maximum Gasteiger partial charge on any atom is 0.348 e. The predicted octanol–water partition coefficient (Wildman–Crippen LogP) is 6.49. The summed E-state index contributed by atoms with van der Waals surface area (Å²) in [5.41, 5.74) is -0.140. The van der Waals surface area contributed by atoms with Gasteiger partial charge in [-0.25, -0.2) is 4.79 Å². The Labute approximate surface area is 253 Å². The van der Waals surface area contributed by atoms with Gasteiger partial charge in [0.05, 0.1) is 12.0 Å². The molecule has 1 N–H and O–H groups in total. The Balaban J connectivity index is 1.20. The molecule has 1 saturated heterocycles. The first-order valence-electron chi connectivity index (χ1n) is 17.0. The van der Waals surface area contributed by atoms with Crippen LogP contribution in [0, 0.1) is 57.7 Å². The van der Waals surface area contributed by atoms with E-state index >= 15 is 0 Å². The molecule has 0 aromatic rings. The highest BCUT2D eigenvalue weighted by molar-refractivity contribution is 5.81. The normalized spacial score (nSPS) is 43.8. The van der Waals surface area contributed by atoms with E-state index in [2.05, 4.69) is 20.8 Å². The van der Waals surface area contributed by atoms with Gasteiger partial charge in [-0.2, -0.15) is 0 Å². The summed E-state index contributed by atoms with van der Waals surface area (Å²) >= 11 is 0. The van der Waals surface area contributed by atoms with E-state index < -0.39 is 17.5 Å². The Morgan fingerprint density at radius 2 is 1.67 bits per heavy atom. The van der Waals surface area contributed by atoms with Crippen molar-refractivity contribution in [1.29, 1.82) is 0 Å². The molecule has 0 aromatic carbocycles. The average molecular weight is 589 g/mol. The monoisotopic (exact) mass is 588 g/mol. The molecular formula is C35H56O7. The molecule has 8 unspecified atom stereocenters. The molecule has 0 amide bonds. The number of aliphatic hydroxyl groups is 1. The maximum absolute atomic E-state index is 12.8. The summed E-state index contributed by atoms with van der Waals surface area (Å²) in [4.78, 5) is 37.3. The maximum atomic E-state index is 12.8. The highest BCUT2D eigenvalue weighted by Crippen LogP contribution is 2.68. The number of carbonyl (C=O) groups excluding carboxylic acids is 3. The summed E-state index contributed by atoms with van der Waals surface area (Å²) in [6, 6.07) is 0. The fraction of sp³-hybridized carbons (Fsp3) is 0.914. The number of esters is 3. The van der Waals surface area contributed by atoms with E-state index in [1.54, 1.807) is 0 Å². The van der Waals surface area contributed by atoms with Crippen LogP contribution in [0.5, 0.6) is 0 Å². The van der Waals surface area contributed by atoms with Gasteiger partial charge in [-0.15, -0.1) is 0 Å². The second kappa shape index (κ2) is 11.7. The van der Waals surface area contributed by atoms with Crippen molar-refractivity contribution in [3.8, 4) is 0 Å². The van der Waals surface area contributed by atoms with Crippen LogP contribution in [0.3, 0.4) is 0 Å². The van der Waals surface area contributed by atoms with Gasteiger partial charge in [0.25, 0.3) is 0 Å². The van der Waals surface area contributed by atoms with Gasteiger partial charge in [0.15, 0.2) is 0 Å². The van der Waals surface area contributed by atoms with E-state index in [4.69, 9.17) is 14.2 Å². The minimum Gasteiger partial charge on any atom is -0.462 e. The zero-order chi connectivity index (χ0) is 30.6. The number of hydrogen-bond donors (Lipinski definition) is 1. The highest BCUT2D eigenvalue weighted by Gasteiger charge is 2.63. The number of fused-ring (bicyclic) bond motifs is 5. The van der Waals surface area contributed by atoms with Crippen molar-refractivity contribution >= 4 is 17.9 Å². The molecular weight excluding hydrogens is 532 g/mol. The Kier molecular flexibility index (Phi) is 8.86. The molecule has 238 valence electrons. The summed E-state index contributed by atoms with van der Waals surface area (Å²) < 4.78 is 16.7. The van der Waals surface area contributed by atoms with E-state index in [0.29, 0.717) is 41.9 Å². The Morgan fingerprint density at radius 3 is 2.33 bits per heavy atom. The molecule has 0 radical (unpaired) electrons. The van der Waals surface area contributed by atoms with Crippen LogP contribution in [0.1, 0.15) is 119 Å². The van der Waals surface area contributed by atoms with Crippen LogP contribution in [-0.4, -0.2) is 47.9 Å². The first-order valence-corrected chi connectivity index (χ1v) is 17.0. The number of aliphatic hydroxyl groups excluding tert-OH is 1. The Morgan fingerprint density at radius 1 is 0.976 bits per heavy atom. The highest BCUT2D eigenvalue weighted by atomic mass is 16.6. The largest absolute Gasteiger partial charge is 0.462 e. The van der Waals surface area contributed by atoms with Gasteiger partial charge in [-0.1, -0.05) is 48.5 Å². The third-order valence-electron chi connectivity index (χ3n) is 13.3. The lowest BCUT2D eigenvalue weighted by Crippen LogP contribution is -2.58. The minimum absolute atomic E-state index is 0.0176. The molecule has 1 heterocycles. The van der Waals surface area contributed by atoms with Crippen LogP contribution in [0.25, 0.3) is 0 Å². The van der Waals surface area contributed by atoms with Crippen molar-refractivity contribution in [2.45, 2.75) is 137 Å². The van der Waals surface area contributed by atoms with Crippen molar-refractivity contribution in [2.24, 2.45) is 57.7 Å². The van der Waals surface area contributed by atoms with Gasteiger partial charge in [0.1, 0.15) is 12.7 Å². The lowest BCUT2D eigenvalue weighted by molar-refractivity contribution is -0.184. The SMILES string of the molecule is CCC(C)C(=O)O[C@H]1CC[C@@]2(C)C(C1)C[C@@H](O)C1C3CCC(C(C)CCC(=O)OC4C(=O)OCC4(C)C)[C@@]3(C)CCC12. The fourth-order valence-corrected chi connectivity index (χ4v) is 10.4. The van der Waals surface area contributed by atoms with E-state index in [1.165, 1.54) is 6.42 Å². The third-order valence-corrected chi connectivity index (χ3v) is 13.3. The minimum atomic E-state index is -0.816. The molecule has 4 saturated carbocycles. The zero-order valence-corrected chi connectivity index (χ0v) is 27.2. The lowest BCUT2D eigenvalue weighted by Gasteiger charge is -2.62. The number of hydrogen-bond acceptors (Lipinski definition) is 7. The molecule has 1 aliphatic heterocycles. The standard InChI is InChI=1S/C35H56O7/c1-8-20(2)31(38)41-23-13-15-34(6)22(17-23)18-27(36)29-25-11-10-24(35(25,7)16-14-26(29)34)21(3)9-12-28(37)42-30-32(39)40-19-33(30,4)5/h20-27,29-30,36H,8-19H2,1-7H3/t20?,21?,22?,23-,24?,25?,26?,27+,29?,30?,34-,35+/m0/s1. The first kappa shape index (κ1) is 31.8. The Bertz CT molecular complexity index is 1040. The van der Waals surface area contributed by atoms with Crippen molar-refractivity contribution in [2.75, 3.05) is 6.61 Å². The predicted molar refractivity (Wildman–Crippen MR) is 159 cm³/mol. The second-order valence-corrected chi connectivity index (χ2v) is 16.1. The number of carbonyl (C=O) groups is 3. The molecule has 12 atom stereocenters. The van der Waals surface area contributed by atoms with Crippen LogP contribution in [0.15, 0.2) is 0 Å². The quantitative estimate of drug-likeness (QED) is 0.256. The van der Waals surface area contributed by atoms with Gasteiger partial charge < -0.3 is 19.3 Å². The molecule has 42 heavy (non-hydrogen) atoms. The summed E-state index contributed by atoms with van der Waals surface area (Å²) in [5, 5.41) is 11.7. The van der Waals surface area contributed by atoms with Gasteiger partial charge >= 0.3 is 17.9 Å². The van der Waals surface area contributed by atoms with Crippen LogP contribution in [-0.2, 0) is 28.6 Å².